The van der Waals surface area contributed by atoms with Crippen LogP contribution in [0.5, 0.6) is 0 Å². The van der Waals surface area contributed by atoms with Crippen molar-refractivity contribution < 1.29 is 4.79 Å². The lowest BCUT2D eigenvalue weighted by atomic mass is 10.2. The molecule has 0 aliphatic carbocycles. The molecule has 0 spiro atoms. The summed E-state index contributed by atoms with van der Waals surface area (Å²) in [7, 11) is 0. The van der Waals surface area contributed by atoms with Crippen LogP contribution in [0.4, 0.5) is 5.69 Å². The van der Waals surface area contributed by atoms with Crippen molar-refractivity contribution in [1.82, 2.24) is 5.32 Å². The molecule has 0 heterocycles. The number of hydrogen-bond acceptors (Lipinski definition) is 2. The number of rotatable bonds is 6. The van der Waals surface area contributed by atoms with Gasteiger partial charge in [0.15, 0.2) is 0 Å². The van der Waals surface area contributed by atoms with Crippen LogP contribution in [0, 0.1) is 6.92 Å². The third kappa shape index (κ3) is 4.57. The summed E-state index contributed by atoms with van der Waals surface area (Å²) in [4.78, 5) is 11.7. The van der Waals surface area contributed by atoms with E-state index in [0.717, 1.165) is 24.1 Å². The number of anilines is 1. The van der Waals surface area contributed by atoms with Gasteiger partial charge < -0.3 is 10.6 Å². The summed E-state index contributed by atoms with van der Waals surface area (Å²) in [6.45, 7) is 6.38. The molecule has 0 aliphatic heterocycles. The fraction of sp³-hybridized carbons (Fsp3) is 0.500. The Morgan fingerprint density at radius 2 is 2.00 bits per heavy atom. The molecule has 1 aromatic carbocycles. The van der Waals surface area contributed by atoms with Gasteiger partial charge in [0.25, 0.3) is 0 Å². The summed E-state index contributed by atoms with van der Waals surface area (Å²) in [6.07, 6.45) is 1.90. The van der Waals surface area contributed by atoms with Crippen LogP contribution in [-0.4, -0.2) is 18.5 Å². The van der Waals surface area contributed by atoms with Crippen molar-refractivity contribution in [3.8, 4) is 0 Å². The number of hydrogen-bond donors (Lipinski definition) is 2. The first-order valence-corrected chi connectivity index (χ1v) is 6.74. The monoisotopic (exact) mass is 268 g/mol. The second-order valence-corrected chi connectivity index (χ2v) is 4.82. The second kappa shape index (κ2) is 7.27. The topological polar surface area (TPSA) is 41.1 Å². The summed E-state index contributed by atoms with van der Waals surface area (Å²) in [5.41, 5.74) is 1.92. The Balaban J connectivity index is 2.49. The smallest absolute Gasteiger partial charge is 0.239 e. The first-order chi connectivity index (χ1) is 8.56. The lowest BCUT2D eigenvalue weighted by Crippen LogP contribution is -2.37. The minimum absolute atomic E-state index is 0.00118. The third-order valence-electron chi connectivity index (χ3n) is 2.91. The van der Waals surface area contributed by atoms with Crippen molar-refractivity contribution in [3.63, 3.8) is 0 Å². The minimum Gasteiger partial charge on any atom is -0.375 e. The van der Waals surface area contributed by atoms with E-state index in [4.69, 9.17) is 11.6 Å². The van der Waals surface area contributed by atoms with Crippen molar-refractivity contribution in [2.45, 2.75) is 39.7 Å². The molecule has 0 aromatic heterocycles. The van der Waals surface area contributed by atoms with E-state index >= 15 is 0 Å². The highest BCUT2D eigenvalue weighted by Gasteiger charge is 2.08. The number of aryl methyl sites for hydroxylation is 1. The first kappa shape index (κ1) is 14.8. The van der Waals surface area contributed by atoms with E-state index in [1.54, 1.807) is 0 Å². The molecule has 18 heavy (non-hydrogen) atoms. The van der Waals surface area contributed by atoms with Gasteiger partial charge in [-0.2, -0.15) is 0 Å². The number of halogens is 1. The van der Waals surface area contributed by atoms with E-state index in [9.17, 15) is 4.79 Å². The van der Waals surface area contributed by atoms with E-state index in [0.29, 0.717) is 5.02 Å². The van der Waals surface area contributed by atoms with Crippen molar-refractivity contribution in [2.75, 3.05) is 11.9 Å². The van der Waals surface area contributed by atoms with Crippen molar-refractivity contribution >= 4 is 23.2 Å². The molecule has 1 aromatic rings. The van der Waals surface area contributed by atoms with E-state index in [-0.39, 0.29) is 18.5 Å². The molecule has 1 amide bonds. The maximum atomic E-state index is 11.7. The molecule has 0 aliphatic rings. The molecule has 0 bridgehead atoms. The van der Waals surface area contributed by atoms with Gasteiger partial charge in [-0.05, 0) is 37.5 Å². The number of carbonyl (C=O) groups excluding carboxylic acids is 1. The highest BCUT2D eigenvalue weighted by atomic mass is 35.5. The molecule has 100 valence electrons. The van der Waals surface area contributed by atoms with E-state index in [2.05, 4.69) is 24.5 Å². The molecule has 0 fully saturated rings. The zero-order chi connectivity index (χ0) is 13.5. The Morgan fingerprint density at radius 1 is 1.33 bits per heavy atom. The largest absolute Gasteiger partial charge is 0.375 e. The standard InChI is InChI=1S/C14H21ClN2O/c1-4-11(5-2)17-14(18)9-16-13-8-10(3)6-7-12(13)15/h6-8,11,16H,4-5,9H2,1-3H3,(H,17,18). The van der Waals surface area contributed by atoms with Gasteiger partial charge in [-0.1, -0.05) is 31.5 Å². The summed E-state index contributed by atoms with van der Waals surface area (Å²) in [5, 5.41) is 6.67. The van der Waals surface area contributed by atoms with Gasteiger partial charge in [-0.25, -0.2) is 0 Å². The van der Waals surface area contributed by atoms with Gasteiger partial charge in [-0.15, -0.1) is 0 Å². The van der Waals surface area contributed by atoms with Gasteiger partial charge in [0.1, 0.15) is 0 Å². The van der Waals surface area contributed by atoms with Crippen LogP contribution in [-0.2, 0) is 4.79 Å². The number of benzene rings is 1. The predicted molar refractivity (Wildman–Crippen MR) is 77.2 cm³/mol. The Bertz CT molecular complexity index is 403. The molecular formula is C14H21ClN2O. The summed E-state index contributed by atoms with van der Waals surface area (Å²) < 4.78 is 0. The highest BCUT2D eigenvalue weighted by Crippen LogP contribution is 2.22. The quantitative estimate of drug-likeness (QED) is 0.831. The molecule has 0 unspecified atom stereocenters. The molecule has 2 N–H and O–H groups in total. The SMILES string of the molecule is CCC(CC)NC(=O)CNc1cc(C)ccc1Cl. The van der Waals surface area contributed by atoms with Crippen LogP contribution in [0.2, 0.25) is 5.02 Å². The summed E-state index contributed by atoms with van der Waals surface area (Å²) in [5.74, 6) is 0.00118. The van der Waals surface area contributed by atoms with Gasteiger partial charge in [0.2, 0.25) is 5.91 Å². The summed E-state index contributed by atoms with van der Waals surface area (Å²) in [6, 6.07) is 5.97. The molecular weight excluding hydrogens is 248 g/mol. The average Bonchev–Trinajstić information content (AvgIpc) is 2.37. The highest BCUT2D eigenvalue weighted by molar-refractivity contribution is 6.33. The summed E-state index contributed by atoms with van der Waals surface area (Å²) >= 11 is 6.05. The molecule has 3 nitrogen and oxygen atoms in total. The maximum absolute atomic E-state index is 11.7. The van der Waals surface area contributed by atoms with E-state index in [1.165, 1.54) is 0 Å². The molecule has 4 heteroatoms. The fourth-order valence-corrected chi connectivity index (χ4v) is 1.91. The van der Waals surface area contributed by atoms with Crippen molar-refractivity contribution in [2.24, 2.45) is 0 Å². The van der Waals surface area contributed by atoms with Crippen molar-refractivity contribution in [1.29, 1.82) is 0 Å². The maximum Gasteiger partial charge on any atom is 0.239 e. The van der Waals surface area contributed by atoms with Crippen LogP contribution >= 0.6 is 11.6 Å². The van der Waals surface area contributed by atoms with E-state index in [1.807, 2.05) is 25.1 Å². The van der Waals surface area contributed by atoms with Crippen LogP contribution in [0.3, 0.4) is 0 Å². The normalized spacial score (nSPS) is 10.5. The Labute approximate surface area is 114 Å². The lowest BCUT2D eigenvalue weighted by Gasteiger charge is -2.15. The number of nitrogens with one attached hydrogen (secondary N) is 2. The minimum atomic E-state index is 0.00118. The van der Waals surface area contributed by atoms with Gasteiger partial charge in [0, 0.05) is 6.04 Å². The molecule has 0 radical (unpaired) electrons. The van der Waals surface area contributed by atoms with Gasteiger partial charge in [-0.3, -0.25) is 4.79 Å². The fourth-order valence-electron chi connectivity index (χ4n) is 1.72. The van der Waals surface area contributed by atoms with Gasteiger partial charge >= 0.3 is 0 Å². The lowest BCUT2D eigenvalue weighted by molar-refractivity contribution is -0.120. The second-order valence-electron chi connectivity index (χ2n) is 4.42. The number of carbonyl (C=O) groups is 1. The Kier molecular flexibility index (Phi) is 5.99. The first-order valence-electron chi connectivity index (χ1n) is 6.36. The number of amides is 1. The van der Waals surface area contributed by atoms with Crippen LogP contribution in [0.15, 0.2) is 18.2 Å². The Hall–Kier alpha value is -1.22. The zero-order valence-corrected chi connectivity index (χ0v) is 12.0. The molecule has 1 rings (SSSR count). The predicted octanol–water partition coefficient (Wildman–Crippen LogP) is 3.37. The van der Waals surface area contributed by atoms with Crippen LogP contribution in [0.1, 0.15) is 32.3 Å². The van der Waals surface area contributed by atoms with Crippen LogP contribution in [0.25, 0.3) is 0 Å². The average molecular weight is 269 g/mol. The third-order valence-corrected chi connectivity index (χ3v) is 3.24. The molecule has 0 saturated carbocycles. The van der Waals surface area contributed by atoms with Gasteiger partial charge in [0.05, 0.1) is 17.3 Å². The zero-order valence-electron chi connectivity index (χ0n) is 11.2. The molecule has 0 saturated heterocycles. The van der Waals surface area contributed by atoms with E-state index < -0.39 is 0 Å². The Morgan fingerprint density at radius 3 is 2.61 bits per heavy atom. The molecule has 0 atom stereocenters. The van der Waals surface area contributed by atoms with Crippen molar-refractivity contribution in [3.05, 3.63) is 28.8 Å². The van der Waals surface area contributed by atoms with Crippen LogP contribution < -0.4 is 10.6 Å².